The van der Waals surface area contributed by atoms with Crippen LogP contribution in [0.4, 0.5) is 0 Å². The molecule has 0 amide bonds. The van der Waals surface area contributed by atoms with Crippen molar-refractivity contribution in [2.24, 2.45) is 17.8 Å². The van der Waals surface area contributed by atoms with Gasteiger partial charge in [0.05, 0.1) is 0 Å². The molecule has 0 N–H and O–H groups in total. The van der Waals surface area contributed by atoms with E-state index in [0.717, 1.165) is 17.8 Å². The van der Waals surface area contributed by atoms with E-state index in [9.17, 15) is 0 Å². The zero-order valence-electron chi connectivity index (χ0n) is 25.0. The van der Waals surface area contributed by atoms with E-state index in [4.69, 9.17) is 0 Å². The zero-order chi connectivity index (χ0) is 26.5. The second-order valence-corrected chi connectivity index (χ2v) is 13.7. The standard InChI is InChI=1S/C37H54/c1-7-9-12-30(8-2)25-35(31-13-10-15-33(26-31)36(5)21-17-28(3)18-22-36)32-14-11-16-34(27-32)37(6)23-19-29(4)20-24-37/h10-11,13-16,28-30,35H,7-9,12,17-25H2,1-6H3. The van der Waals surface area contributed by atoms with Gasteiger partial charge in [-0.2, -0.15) is 0 Å². The minimum atomic E-state index is 0.275. The van der Waals surface area contributed by atoms with E-state index >= 15 is 0 Å². The summed E-state index contributed by atoms with van der Waals surface area (Å²) in [6.07, 6.45) is 17.0. The predicted molar refractivity (Wildman–Crippen MR) is 160 cm³/mol. The van der Waals surface area contributed by atoms with Gasteiger partial charge >= 0.3 is 0 Å². The lowest BCUT2D eigenvalue weighted by atomic mass is 9.67. The Labute approximate surface area is 230 Å². The third-order valence-corrected chi connectivity index (χ3v) is 10.6. The van der Waals surface area contributed by atoms with E-state index in [1.165, 1.54) is 106 Å². The summed E-state index contributed by atoms with van der Waals surface area (Å²) in [5.74, 6) is 2.89. The molecule has 0 aliphatic heterocycles. The Morgan fingerprint density at radius 1 is 0.757 bits per heavy atom. The SMILES string of the molecule is CCCCC(CC)CC(c1[c]c(C2(C)CCC(C)CC2)ccc1)c1[c]c(C2(C)CCC(C)CC2)ccc1. The second kappa shape index (κ2) is 12.5. The molecule has 2 aromatic rings. The fraction of sp³-hybridized carbons (Fsp3) is 0.676. The van der Waals surface area contributed by atoms with Crippen LogP contribution < -0.4 is 0 Å². The number of benzene rings is 2. The molecule has 0 heteroatoms. The van der Waals surface area contributed by atoms with Gasteiger partial charge in [-0.1, -0.05) is 104 Å². The van der Waals surface area contributed by atoms with Gasteiger partial charge in [-0.05, 0) is 121 Å². The quantitative estimate of drug-likeness (QED) is 0.305. The van der Waals surface area contributed by atoms with Crippen molar-refractivity contribution >= 4 is 0 Å². The average molecular weight is 499 g/mol. The fourth-order valence-electron chi connectivity index (χ4n) is 7.16. The minimum absolute atomic E-state index is 0.275. The molecule has 2 aliphatic rings. The normalized spacial score (nSPS) is 30.1. The molecule has 0 bridgehead atoms. The van der Waals surface area contributed by atoms with Crippen molar-refractivity contribution in [1.29, 1.82) is 0 Å². The third kappa shape index (κ3) is 6.91. The topological polar surface area (TPSA) is 0 Å². The summed E-state index contributed by atoms with van der Waals surface area (Å²) in [5.41, 5.74) is 6.26. The molecule has 0 heterocycles. The first-order valence-electron chi connectivity index (χ1n) is 15.8. The minimum Gasteiger partial charge on any atom is -0.0654 e. The molecular formula is C37H54. The first kappa shape index (κ1) is 28.4. The maximum atomic E-state index is 4.05. The van der Waals surface area contributed by atoms with Gasteiger partial charge in [0.2, 0.25) is 0 Å². The van der Waals surface area contributed by atoms with Crippen molar-refractivity contribution in [3.05, 3.63) is 70.8 Å². The lowest BCUT2D eigenvalue weighted by molar-refractivity contribution is 0.260. The Bertz CT molecular complexity index is 896. The van der Waals surface area contributed by atoms with Gasteiger partial charge in [-0.15, -0.1) is 0 Å². The molecule has 0 nitrogen and oxygen atoms in total. The van der Waals surface area contributed by atoms with E-state index in [2.05, 4.69) is 90.1 Å². The highest BCUT2D eigenvalue weighted by Crippen LogP contribution is 2.44. The number of rotatable bonds is 10. The summed E-state index contributed by atoms with van der Waals surface area (Å²) < 4.78 is 0. The van der Waals surface area contributed by atoms with Crippen LogP contribution in [0.15, 0.2) is 36.4 Å². The van der Waals surface area contributed by atoms with Crippen molar-refractivity contribution in [3.63, 3.8) is 0 Å². The molecule has 202 valence electrons. The van der Waals surface area contributed by atoms with E-state index in [-0.39, 0.29) is 10.8 Å². The van der Waals surface area contributed by atoms with Crippen LogP contribution >= 0.6 is 0 Å². The number of hydrogen-bond donors (Lipinski definition) is 0. The molecule has 0 saturated heterocycles. The maximum Gasteiger partial charge on any atom is 0.0104 e. The Morgan fingerprint density at radius 2 is 1.22 bits per heavy atom. The van der Waals surface area contributed by atoms with E-state index < -0.39 is 0 Å². The summed E-state index contributed by atoms with van der Waals surface area (Å²) in [5, 5.41) is 0. The van der Waals surface area contributed by atoms with Crippen molar-refractivity contribution in [2.75, 3.05) is 0 Å². The molecule has 2 aliphatic carbocycles. The van der Waals surface area contributed by atoms with Gasteiger partial charge in [-0.3, -0.25) is 0 Å². The van der Waals surface area contributed by atoms with Gasteiger partial charge in [0, 0.05) is 5.92 Å². The Hall–Kier alpha value is -1.56. The van der Waals surface area contributed by atoms with Gasteiger partial charge in [-0.25, -0.2) is 0 Å². The molecular weight excluding hydrogens is 444 g/mol. The van der Waals surface area contributed by atoms with Crippen LogP contribution in [-0.4, -0.2) is 0 Å². The van der Waals surface area contributed by atoms with Crippen LogP contribution in [0.5, 0.6) is 0 Å². The van der Waals surface area contributed by atoms with Gasteiger partial charge in [0.15, 0.2) is 0 Å². The first-order chi connectivity index (χ1) is 17.8. The summed E-state index contributed by atoms with van der Waals surface area (Å²) in [4.78, 5) is 0. The van der Waals surface area contributed by atoms with E-state index in [1.54, 1.807) is 0 Å². The highest BCUT2D eigenvalue weighted by atomic mass is 14.4. The van der Waals surface area contributed by atoms with Crippen LogP contribution in [0.3, 0.4) is 0 Å². The summed E-state index contributed by atoms with van der Waals surface area (Å²) in [6.45, 7) is 14.6. The van der Waals surface area contributed by atoms with Gasteiger partial charge in [0.1, 0.15) is 0 Å². The summed E-state index contributed by atoms with van der Waals surface area (Å²) >= 11 is 0. The number of unbranched alkanes of at least 4 members (excludes halogenated alkanes) is 1. The van der Waals surface area contributed by atoms with Crippen LogP contribution in [-0.2, 0) is 10.8 Å². The lowest BCUT2D eigenvalue weighted by Crippen LogP contribution is -2.28. The van der Waals surface area contributed by atoms with Crippen molar-refractivity contribution in [1.82, 2.24) is 0 Å². The largest absolute Gasteiger partial charge is 0.0654 e. The van der Waals surface area contributed by atoms with E-state index in [0.29, 0.717) is 5.92 Å². The smallest absolute Gasteiger partial charge is 0.0104 e. The van der Waals surface area contributed by atoms with Crippen LogP contribution in [0.1, 0.15) is 153 Å². The molecule has 2 radical (unpaired) electrons. The monoisotopic (exact) mass is 498 g/mol. The first-order valence-corrected chi connectivity index (χ1v) is 15.8. The molecule has 1 atom stereocenters. The molecule has 0 aromatic heterocycles. The van der Waals surface area contributed by atoms with Crippen LogP contribution in [0.2, 0.25) is 0 Å². The lowest BCUT2D eigenvalue weighted by Gasteiger charge is -2.38. The van der Waals surface area contributed by atoms with Gasteiger partial charge in [0.25, 0.3) is 0 Å². The summed E-state index contributed by atoms with van der Waals surface area (Å²) in [6, 6.07) is 22.2. The molecule has 2 fully saturated rings. The second-order valence-electron chi connectivity index (χ2n) is 13.7. The third-order valence-electron chi connectivity index (χ3n) is 10.6. The zero-order valence-corrected chi connectivity index (χ0v) is 25.0. The highest BCUT2D eigenvalue weighted by molar-refractivity contribution is 5.39. The molecule has 4 rings (SSSR count). The van der Waals surface area contributed by atoms with Gasteiger partial charge < -0.3 is 0 Å². The van der Waals surface area contributed by atoms with Crippen LogP contribution in [0, 0.1) is 29.9 Å². The predicted octanol–water partition coefficient (Wildman–Crippen LogP) is 11.0. The fourth-order valence-corrected chi connectivity index (χ4v) is 7.16. The molecule has 2 aromatic carbocycles. The Balaban J connectivity index is 1.69. The average Bonchev–Trinajstić information content (AvgIpc) is 2.92. The molecule has 37 heavy (non-hydrogen) atoms. The molecule has 0 spiro atoms. The molecule has 2 saturated carbocycles. The van der Waals surface area contributed by atoms with Crippen molar-refractivity contribution < 1.29 is 0 Å². The Kier molecular flexibility index (Phi) is 9.63. The molecule has 1 unspecified atom stereocenters. The van der Waals surface area contributed by atoms with Crippen molar-refractivity contribution in [3.8, 4) is 0 Å². The number of hydrogen-bond acceptors (Lipinski definition) is 0. The van der Waals surface area contributed by atoms with Crippen molar-refractivity contribution in [2.45, 2.75) is 142 Å². The summed E-state index contributed by atoms with van der Waals surface area (Å²) in [7, 11) is 0. The highest BCUT2D eigenvalue weighted by Gasteiger charge is 2.34. The van der Waals surface area contributed by atoms with Crippen LogP contribution in [0.25, 0.3) is 0 Å². The van der Waals surface area contributed by atoms with E-state index in [1.807, 2.05) is 0 Å². The maximum absolute atomic E-state index is 4.05. The Morgan fingerprint density at radius 3 is 1.62 bits per heavy atom.